The van der Waals surface area contributed by atoms with Crippen LogP contribution < -0.4 is 11.1 Å². The number of nitrogens with two attached hydrogens (primary N) is 1. The van der Waals surface area contributed by atoms with Crippen LogP contribution >= 0.6 is 12.6 Å². The molecule has 2 heterocycles. The van der Waals surface area contributed by atoms with Crippen LogP contribution in [0.1, 0.15) is 38.1 Å². The molecule has 0 amide bonds. The summed E-state index contributed by atoms with van der Waals surface area (Å²) >= 11 is 4.58. The smallest absolute Gasteiger partial charge is 0.173 e. The maximum Gasteiger partial charge on any atom is 0.173 e. The van der Waals surface area contributed by atoms with Crippen molar-refractivity contribution in [3.8, 4) is 17.2 Å². The fraction of sp³-hybridized carbons (Fsp3) is 0.353. The summed E-state index contributed by atoms with van der Waals surface area (Å²) in [6.07, 6.45) is 0. The molecule has 7 heteroatoms. The molecule has 0 saturated heterocycles. The predicted molar refractivity (Wildman–Crippen MR) is 99.2 cm³/mol. The molecule has 0 aromatic heterocycles. The quantitative estimate of drug-likeness (QED) is 0.490. The summed E-state index contributed by atoms with van der Waals surface area (Å²) in [5, 5.41) is 3.81. The average molecular weight is 342 g/mol. The molecule has 3 N–H and O–H groups in total. The van der Waals surface area contributed by atoms with Crippen molar-refractivity contribution in [3.63, 3.8) is 0 Å². The van der Waals surface area contributed by atoms with E-state index in [9.17, 15) is 0 Å². The first-order valence-electron chi connectivity index (χ1n) is 8.07. The van der Waals surface area contributed by atoms with Crippen molar-refractivity contribution >= 4 is 18.4 Å². The third-order valence-electron chi connectivity index (χ3n) is 3.80. The van der Waals surface area contributed by atoms with Crippen molar-refractivity contribution in [1.29, 1.82) is 0 Å². The van der Waals surface area contributed by atoms with Crippen LogP contribution in [-0.2, 0) is 6.54 Å². The van der Waals surface area contributed by atoms with E-state index in [2.05, 4.69) is 41.8 Å². The molecule has 126 valence electrons. The van der Waals surface area contributed by atoms with Crippen LogP contribution in [-0.4, -0.2) is 26.1 Å². The van der Waals surface area contributed by atoms with Crippen LogP contribution in [0.25, 0.3) is 17.2 Å². The van der Waals surface area contributed by atoms with Crippen LogP contribution in [0.15, 0.2) is 29.4 Å². The second kappa shape index (κ2) is 6.78. The molecule has 3 rings (SSSR count). The Balaban J connectivity index is 2.22. The average Bonchev–Trinajstić information content (AvgIpc) is 3.01. The van der Waals surface area contributed by atoms with Gasteiger partial charge in [0.1, 0.15) is 5.82 Å². The number of rotatable bonds is 5. The van der Waals surface area contributed by atoms with Gasteiger partial charge < -0.3 is 11.1 Å². The lowest BCUT2D eigenvalue weighted by molar-refractivity contribution is 0.787. The van der Waals surface area contributed by atoms with Crippen LogP contribution in [0.4, 0.5) is 5.82 Å². The highest BCUT2D eigenvalue weighted by Gasteiger charge is 2.24. The number of aromatic nitrogens is 4. The van der Waals surface area contributed by atoms with Crippen LogP contribution in [0, 0.1) is 0 Å². The molecule has 0 unspecified atom stereocenters. The monoisotopic (exact) mass is 342 g/mol. The van der Waals surface area contributed by atoms with E-state index >= 15 is 0 Å². The Morgan fingerprint density at radius 1 is 1.17 bits per heavy atom. The van der Waals surface area contributed by atoms with E-state index in [-0.39, 0.29) is 5.92 Å². The van der Waals surface area contributed by atoms with Gasteiger partial charge in [-0.25, -0.2) is 15.0 Å². The van der Waals surface area contributed by atoms with E-state index in [1.807, 2.05) is 35.8 Å². The lowest BCUT2D eigenvalue weighted by atomic mass is 10.2. The summed E-state index contributed by atoms with van der Waals surface area (Å²) < 4.78 is 1.92. The van der Waals surface area contributed by atoms with Crippen molar-refractivity contribution in [2.75, 3.05) is 11.9 Å². The number of anilines is 1. The van der Waals surface area contributed by atoms with Crippen molar-refractivity contribution in [2.24, 2.45) is 5.73 Å². The summed E-state index contributed by atoms with van der Waals surface area (Å²) in [7, 11) is 0. The van der Waals surface area contributed by atoms with E-state index in [0.29, 0.717) is 17.5 Å². The van der Waals surface area contributed by atoms with Gasteiger partial charge in [0.2, 0.25) is 0 Å². The van der Waals surface area contributed by atoms with E-state index in [4.69, 9.17) is 10.7 Å². The van der Waals surface area contributed by atoms with Gasteiger partial charge in [-0.3, -0.25) is 4.57 Å². The molecule has 0 saturated carbocycles. The Morgan fingerprint density at radius 3 is 2.46 bits per heavy atom. The lowest BCUT2D eigenvalue weighted by Crippen LogP contribution is -2.11. The first kappa shape index (κ1) is 16.7. The van der Waals surface area contributed by atoms with Crippen molar-refractivity contribution < 1.29 is 0 Å². The minimum absolute atomic E-state index is 0.239. The Labute approximate surface area is 147 Å². The molecule has 2 aliphatic heterocycles. The summed E-state index contributed by atoms with van der Waals surface area (Å²) in [5.74, 6) is 2.52. The van der Waals surface area contributed by atoms with Crippen LogP contribution in [0.3, 0.4) is 0 Å². The van der Waals surface area contributed by atoms with Gasteiger partial charge in [0.25, 0.3) is 0 Å². The number of imidazole rings is 1. The summed E-state index contributed by atoms with van der Waals surface area (Å²) in [6.45, 7) is 7.46. The Hall–Kier alpha value is -2.12. The van der Waals surface area contributed by atoms with E-state index < -0.39 is 0 Å². The zero-order valence-corrected chi connectivity index (χ0v) is 15.0. The summed E-state index contributed by atoms with van der Waals surface area (Å²) in [5.41, 5.74) is 8.46. The Morgan fingerprint density at radius 2 is 1.88 bits per heavy atom. The van der Waals surface area contributed by atoms with Crippen LogP contribution in [0.2, 0.25) is 0 Å². The Bertz CT molecular complexity index is 809. The third kappa shape index (κ3) is 2.97. The molecule has 1 aromatic rings. The molecular formula is C17H22N6S. The van der Waals surface area contributed by atoms with Gasteiger partial charge in [-0.05, 0) is 24.6 Å². The number of nitrogens with zero attached hydrogens (tertiary/aromatic N) is 4. The first-order chi connectivity index (χ1) is 11.5. The Kier molecular flexibility index (Phi) is 4.73. The molecule has 0 aliphatic carbocycles. The maximum atomic E-state index is 5.68. The van der Waals surface area contributed by atoms with Crippen molar-refractivity contribution in [1.82, 2.24) is 19.5 Å². The molecule has 0 atom stereocenters. The van der Waals surface area contributed by atoms with E-state index in [1.165, 1.54) is 0 Å². The highest BCUT2D eigenvalue weighted by atomic mass is 32.1. The zero-order valence-electron chi connectivity index (χ0n) is 14.1. The van der Waals surface area contributed by atoms with Gasteiger partial charge in [0.05, 0.1) is 0 Å². The normalized spacial score (nSPS) is 11.4. The highest BCUT2D eigenvalue weighted by Crippen LogP contribution is 2.32. The molecule has 0 bridgehead atoms. The molecule has 6 nitrogen and oxygen atoms in total. The highest BCUT2D eigenvalue weighted by molar-refractivity contribution is 7.80. The second-order valence-electron chi connectivity index (χ2n) is 5.91. The largest absolute Gasteiger partial charge is 0.368 e. The van der Waals surface area contributed by atoms with Gasteiger partial charge in [-0.1, -0.05) is 26.0 Å². The minimum Gasteiger partial charge on any atom is -0.368 e. The maximum absolute atomic E-state index is 5.68. The molecule has 0 spiro atoms. The summed E-state index contributed by atoms with van der Waals surface area (Å²) in [4.78, 5) is 14.0. The number of hydrogen-bond donors (Lipinski definition) is 3. The first-order valence-corrected chi connectivity index (χ1v) is 8.52. The fourth-order valence-corrected chi connectivity index (χ4v) is 2.84. The van der Waals surface area contributed by atoms with E-state index in [0.717, 1.165) is 35.1 Å². The number of hydrogen-bond acceptors (Lipinski definition) is 6. The molecule has 0 radical (unpaired) electrons. The van der Waals surface area contributed by atoms with Gasteiger partial charge >= 0.3 is 0 Å². The zero-order chi connectivity index (χ0) is 17.3. The number of nitrogens with one attached hydrogen (secondary N) is 1. The van der Waals surface area contributed by atoms with Gasteiger partial charge in [0, 0.05) is 24.7 Å². The standard InChI is InChI=1S/C17H22N6S/c1-4-19-15-13-16(21-14(20-13)10(2)3)23(17(24)22-15)12-7-5-11(9-18)6-8-12/h5-8,10,19H,4,9,18H2,1-3H3,(H,22,24). The molecule has 24 heavy (non-hydrogen) atoms. The summed E-state index contributed by atoms with van der Waals surface area (Å²) in [6, 6.07) is 8.00. The molecule has 1 aromatic carbocycles. The fourth-order valence-electron chi connectivity index (χ4n) is 2.53. The molecular weight excluding hydrogens is 320 g/mol. The lowest BCUT2D eigenvalue weighted by Gasteiger charge is -2.16. The minimum atomic E-state index is 0.239. The molecule has 2 aliphatic rings. The molecule has 0 fully saturated rings. The van der Waals surface area contributed by atoms with Gasteiger partial charge in [-0.15, -0.1) is 12.6 Å². The van der Waals surface area contributed by atoms with Crippen LogP contribution in [0.5, 0.6) is 0 Å². The van der Waals surface area contributed by atoms with Crippen molar-refractivity contribution in [3.05, 3.63) is 35.7 Å². The number of benzene rings is 1. The SMILES string of the molecule is CCNc1nc(S)n(-c2ccc(CN)cc2)c2nc(C(C)C)nc1-2. The predicted octanol–water partition coefficient (Wildman–Crippen LogP) is 3.07. The number of thiol groups is 1. The second-order valence-corrected chi connectivity index (χ2v) is 6.31. The topological polar surface area (TPSA) is 81.7 Å². The van der Waals surface area contributed by atoms with Crippen molar-refractivity contribution in [2.45, 2.75) is 38.4 Å². The van der Waals surface area contributed by atoms with Gasteiger partial charge in [0.15, 0.2) is 22.5 Å². The van der Waals surface area contributed by atoms with Gasteiger partial charge in [-0.2, -0.15) is 0 Å². The van der Waals surface area contributed by atoms with E-state index in [1.54, 1.807) is 0 Å². The third-order valence-corrected chi connectivity index (χ3v) is 4.10. The number of fused-ring (bicyclic) bond motifs is 1.